The maximum Gasteiger partial charge on any atom is 0.0580 e. The maximum absolute atomic E-state index is 10.1. The molecule has 2 aromatic rings. The minimum Gasteiger partial charge on any atom is -0.393 e. The summed E-state index contributed by atoms with van der Waals surface area (Å²) < 4.78 is 1.37. The smallest absolute Gasteiger partial charge is 0.0580 e. The van der Waals surface area contributed by atoms with E-state index in [9.17, 15) is 5.11 Å². The minimum absolute atomic E-state index is 0.109. The van der Waals surface area contributed by atoms with Gasteiger partial charge in [-0.2, -0.15) is 0 Å². The van der Waals surface area contributed by atoms with Crippen LogP contribution < -0.4 is 5.32 Å². The molecule has 0 radical (unpaired) electrons. The van der Waals surface area contributed by atoms with Crippen LogP contribution in [0.25, 0.3) is 10.1 Å². The number of aliphatic hydroxyl groups excluding tert-OH is 1. The second-order valence-electron chi connectivity index (χ2n) is 6.33. The van der Waals surface area contributed by atoms with Crippen LogP contribution in [0.5, 0.6) is 0 Å². The summed E-state index contributed by atoms with van der Waals surface area (Å²) in [6, 6.07) is 8.99. The number of hydrogen-bond acceptors (Lipinski definition) is 3. The van der Waals surface area contributed by atoms with Gasteiger partial charge in [0.1, 0.15) is 0 Å². The lowest BCUT2D eigenvalue weighted by atomic mass is 9.86. The third kappa shape index (κ3) is 3.15. The highest BCUT2D eigenvalue weighted by atomic mass is 32.1. The van der Waals surface area contributed by atoms with Crippen molar-refractivity contribution in [1.82, 2.24) is 5.32 Å². The molecule has 2 N–H and O–H groups in total. The zero-order chi connectivity index (χ0) is 14.8. The van der Waals surface area contributed by atoms with Gasteiger partial charge in [0.25, 0.3) is 0 Å². The van der Waals surface area contributed by atoms with Gasteiger partial charge in [-0.05, 0) is 49.6 Å². The van der Waals surface area contributed by atoms with Gasteiger partial charge in [-0.3, -0.25) is 0 Å². The lowest BCUT2D eigenvalue weighted by Gasteiger charge is -2.29. The molecule has 0 amide bonds. The summed E-state index contributed by atoms with van der Waals surface area (Å²) in [4.78, 5) is 1.43. The monoisotopic (exact) mass is 303 g/mol. The number of aryl methyl sites for hydroxylation is 1. The normalized spacial score (nSPS) is 24.3. The highest BCUT2D eigenvalue weighted by molar-refractivity contribution is 7.19. The average Bonchev–Trinajstić information content (AvgIpc) is 2.84. The highest BCUT2D eigenvalue weighted by Gasteiger charge is 2.24. The molecule has 2 nitrogen and oxygen atoms in total. The Labute approximate surface area is 131 Å². The number of fused-ring (bicyclic) bond motifs is 1. The molecule has 3 unspecified atom stereocenters. The molecule has 1 aliphatic carbocycles. The van der Waals surface area contributed by atoms with Crippen LogP contribution in [-0.2, 0) is 0 Å². The molecule has 114 valence electrons. The summed E-state index contributed by atoms with van der Waals surface area (Å²) in [5, 5.41) is 15.1. The molecule has 1 saturated carbocycles. The standard InChI is InChI=1S/C18H25NOS/c1-12-15-8-4-6-10-17(15)21-18(12)13(2)19-11-14-7-3-5-9-16(14)20/h4,6,8,10,13-14,16,19-20H,3,5,7,9,11H2,1-2H3. The number of thiophene rings is 1. The second kappa shape index (κ2) is 6.47. The first-order chi connectivity index (χ1) is 10.2. The van der Waals surface area contributed by atoms with Gasteiger partial charge in [0.2, 0.25) is 0 Å². The van der Waals surface area contributed by atoms with Gasteiger partial charge in [-0.15, -0.1) is 11.3 Å². The lowest BCUT2D eigenvalue weighted by Crippen LogP contribution is -2.34. The third-order valence-electron chi connectivity index (χ3n) is 4.83. The summed E-state index contributed by atoms with van der Waals surface area (Å²) >= 11 is 1.89. The molecule has 0 saturated heterocycles. The first kappa shape index (κ1) is 15.0. The molecular formula is C18H25NOS. The summed E-state index contributed by atoms with van der Waals surface area (Å²) in [5.74, 6) is 0.427. The van der Waals surface area contributed by atoms with Crippen LogP contribution in [0, 0.1) is 12.8 Å². The van der Waals surface area contributed by atoms with Gasteiger partial charge in [0.15, 0.2) is 0 Å². The maximum atomic E-state index is 10.1. The Morgan fingerprint density at radius 2 is 2.05 bits per heavy atom. The predicted octanol–water partition coefficient (Wildman–Crippen LogP) is 4.41. The Hall–Kier alpha value is -0.900. The number of hydrogen-bond donors (Lipinski definition) is 2. The molecule has 0 spiro atoms. The Kier molecular flexibility index (Phi) is 4.63. The van der Waals surface area contributed by atoms with E-state index in [1.54, 1.807) is 0 Å². The van der Waals surface area contributed by atoms with Crippen molar-refractivity contribution in [3.63, 3.8) is 0 Å². The topological polar surface area (TPSA) is 32.3 Å². The van der Waals surface area contributed by atoms with Crippen molar-refractivity contribution in [1.29, 1.82) is 0 Å². The van der Waals surface area contributed by atoms with E-state index in [4.69, 9.17) is 0 Å². The van der Waals surface area contributed by atoms with Crippen molar-refractivity contribution in [2.45, 2.75) is 51.7 Å². The van der Waals surface area contributed by atoms with Gasteiger partial charge in [0, 0.05) is 22.2 Å². The third-order valence-corrected chi connectivity index (χ3v) is 6.28. The zero-order valence-corrected chi connectivity index (χ0v) is 13.7. The van der Waals surface area contributed by atoms with E-state index >= 15 is 0 Å². The van der Waals surface area contributed by atoms with Crippen molar-refractivity contribution < 1.29 is 5.11 Å². The fraction of sp³-hybridized carbons (Fsp3) is 0.556. The van der Waals surface area contributed by atoms with Gasteiger partial charge >= 0.3 is 0 Å². The number of benzene rings is 1. The summed E-state index contributed by atoms with van der Waals surface area (Å²) in [6.45, 7) is 5.39. The molecule has 0 bridgehead atoms. The molecule has 3 atom stereocenters. The average molecular weight is 303 g/mol. The fourth-order valence-corrected chi connectivity index (χ4v) is 4.69. The van der Waals surface area contributed by atoms with Crippen LogP contribution in [0.2, 0.25) is 0 Å². The van der Waals surface area contributed by atoms with E-state index in [0.717, 1.165) is 19.4 Å². The summed E-state index contributed by atoms with van der Waals surface area (Å²) in [7, 11) is 0. The molecule has 1 fully saturated rings. The van der Waals surface area contributed by atoms with Gasteiger partial charge in [-0.25, -0.2) is 0 Å². The van der Waals surface area contributed by atoms with Crippen LogP contribution in [-0.4, -0.2) is 17.8 Å². The Morgan fingerprint density at radius 1 is 1.29 bits per heavy atom. The van der Waals surface area contributed by atoms with Crippen LogP contribution >= 0.6 is 11.3 Å². The van der Waals surface area contributed by atoms with E-state index in [1.165, 1.54) is 33.4 Å². The molecule has 1 aliphatic rings. The van der Waals surface area contributed by atoms with Gasteiger partial charge < -0.3 is 10.4 Å². The Bertz CT molecular complexity index is 606. The van der Waals surface area contributed by atoms with Gasteiger partial charge in [-0.1, -0.05) is 31.0 Å². The van der Waals surface area contributed by atoms with E-state index in [-0.39, 0.29) is 6.10 Å². The van der Waals surface area contributed by atoms with Crippen molar-refractivity contribution in [2.75, 3.05) is 6.54 Å². The fourth-order valence-electron chi connectivity index (χ4n) is 3.45. The van der Waals surface area contributed by atoms with E-state index in [1.807, 2.05) is 11.3 Å². The zero-order valence-electron chi connectivity index (χ0n) is 12.9. The minimum atomic E-state index is -0.109. The van der Waals surface area contributed by atoms with Crippen LogP contribution in [0.15, 0.2) is 24.3 Å². The van der Waals surface area contributed by atoms with Crippen molar-refractivity contribution in [3.8, 4) is 0 Å². The summed E-state index contributed by atoms with van der Waals surface area (Å²) in [6.07, 6.45) is 4.47. The Balaban J connectivity index is 1.69. The first-order valence-electron chi connectivity index (χ1n) is 8.06. The molecule has 21 heavy (non-hydrogen) atoms. The molecule has 1 aromatic carbocycles. The van der Waals surface area contributed by atoms with Crippen molar-refractivity contribution in [2.24, 2.45) is 5.92 Å². The highest BCUT2D eigenvalue weighted by Crippen LogP contribution is 2.34. The molecule has 1 heterocycles. The molecule has 1 aromatic heterocycles. The van der Waals surface area contributed by atoms with E-state index < -0.39 is 0 Å². The molecule has 3 rings (SSSR count). The van der Waals surface area contributed by atoms with Gasteiger partial charge in [0.05, 0.1) is 6.10 Å². The predicted molar refractivity (Wildman–Crippen MR) is 90.9 cm³/mol. The molecule has 3 heteroatoms. The first-order valence-corrected chi connectivity index (χ1v) is 8.88. The summed E-state index contributed by atoms with van der Waals surface area (Å²) in [5.41, 5.74) is 1.40. The number of rotatable bonds is 4. The molecule has 0 aliphatic heterocycles. The van der Waals surface area contributed by atoms with Crippen LogP contribution in [0.3, 0.4) is 0 Å². The van der Waals surface area contributed by atoms with Crippen molar-refractivity contribution in [3.05, 3.63) is 34.7 Å². The lowest BCUT2D eigenvalue weighted by molar-refractivity contribution is 0.0684. The van der Waals surface area contributed by atoms with E-state index in [0.29, 0.717) is 12.0 Å². The largest absolute Gasteiger partial charge is 0.393 e. The van der Waals surface area contributed by atoms with Crippen molar-refractivity contribution >= 4 is 21.4 Å². The quantitative estimate of drug-likeness (QED) is 0.877. The Morgan fingerprint density at radius 3 is 2.81 bits per heavy atom. The second-order valence-corrected chi connectivity index (χ2v) is 7.41. The number of aliphatic hydroxyl groups is 1. The molecular weight excluding hydrogens is 278 g/mol. The van der Waals surface area contributed by atoms with E-state index in [2.05, 4.69) is 43.4 Å². The SMILES string of the molecule is Cc1c(C(C)NCC2CCCCC2O)sc2ccccc12. The van der Waals surface area contributed by atoms with Crippen LogP contribution in [0.4, 0.5) is 0 Å². The van der Waals surface area contributed by atoms with Crippen LogP contribution in [0.1, 0.15) is 49.1 Å². The number of nitrogens with one attached hydrogen (secondary N) is 1.